The molecule has 0 N–H and O–H groups in total. The first-order chi connectivity index (χ1) is 18.0. The van der Waals surface area contributed by atoms with E-state index in [0.29, 0.717) is 54.2 Å². The van der Waals surface area contributed by atoms with Crippen LogP contribution in [0.15, 0.2) is 47.9 Å². The van der Waals surface area contributed by atoms with Gasteiger partial charge in [0.05, 0.1) is 24.4 Å². The van der Waals surface area contributed by atoms with Crippen LogP contribution in [0, 0.1) is 0 Å². The number of nitrogens with zero attached hydrogens (tertiary/aromatic N) is 7. The van der Waals surface area contributed by atoms with Crippen molar-refractivity contribution >= 4 is 33.1 Å². The zero-order valence-corrected chi connectivity index (χ0v) is 21.6. The standard InChI is InChI=1S/C24H26F3N7O3S/c1-37-18-13-28-23(29-14-18)32-8-6-17(7-9-32)34(24(25,26)27)22-12-21(30-15-31-22)33-10-5-16-11-19(38(2,35)36)3-4-20(16)33/h3-4,11-15,17H,5-10H2,1-2H3. The normalized spacial score (nSPS) is 16.4. The van der Waals surface area contributed by atoms with Crippen molar-refractivity contribution < 1.29 is 26.3 Å². The molecule has 1 aromatic carbocycles. The number of halogens is 3. The molecule has 38 heavy (non-hydrogen) atoms. The molecule has 2 aliphatic rings. The number of ether oxygens (including phenoxy) is 1. The average Bonchev–Trinajstić information content (AvgIpc) is 3.32. The lowest BCUT2D eigenvalue weighted by Crippen LogP contribution is -2.51. The molecule has 0 amide bonds. The first-order valence-electron chi connectivity index (χ1n) is 11.9. The molecule has 202 valence electrons. The maximum absolute atomic E-state index is 14.3. The van der Waals surface area contributed by atoms with Gasteiger partial charge in [-0.2, -0.15) is 13.2 Å². The number of anilines is 4. The topological polar surface area (TPSA) is 105 Å². The van der Waals surface area contributed by atoms with Crippen LogP contribution in [0.4, 0.5) is 36.4 Å². The summed E-state index contributed by atoms with van der Waals surface area (Å²) in [6.45, 7) is 1.17. The molecule has 0 spiro atoms. The monoisotopic (exact) mass is 549 g/mol. The summed E-state index contributed by atoms with van der Waals surface area (Å²) in [5.74, 6) is 1.03. The summed E-state index contributed by atoms with van der Waals surface area (Å²) >= 11 is 0. The van der Waals surface area contributed by atoms with Crippen molar-refractivity contribution in [1.82, 2.24) is 19.9 Å². The van der Waals surface area contributed by atoms with Crippen molar-refractivity contribution in [3.05, 3.63) is 48.5 Å². The molecule has 0 unspecified atom stereocenters. The minimum atomic E-state index is -4.65. The quantitative estimate of drug-likeness (QED) is 0.425. The lowest BCUT2D eigenvalue weighted by atomic mass is 10.0. The maximum atomic E-state index is 14.3. The van der Waals surface area contributed by atoms with Gasteiger partial charge in [-0.25, -0.2) is 28.4 Å². The minimum Gasteiger partial charge on any atom is -0.494 e. The Morgan fingerprint density at radius 3 is 2.37 bits per heavy atom. The highest BCUT2D eigenvalue weighted by molar-refractivity contribution is 7.90. The van der Waals surface area contributed by atoms with E-state index < -0.39 is 22.2 Å². The molecule has 1 fully saturated rings. The number of hydrogen-bond acceptors (Lipinski definition) is 10. The van der Waals surface area contributed by atoms with Gasteiger partial charge in [0, 0.05) is 43.7 Å². The number of benzene rings is 1. The van der Waals surface area contributed by atoms with E-state index in [2.05, 4.69) is 19.9 Å². The van der Waals surface area contributed by atoms with Crippen LogP contribution in [0.1, 0.15) is 18.4 Å². The van der Waals surface area contributed by atoms with Crippen molar-refractivity contribution in [3.8, 4) is 5.75 Å². The van der Waals surface area contributed by atoms with Gasteiger partial charge in [-0.15, -0.1) is 0 Å². The molecule has 4 heterocycles. The molecule has 1 saturated heterocycles. The van der Waals surface area contributed by atoms with Crippen LogP contribution in [0.25, 0.3) is 0 Å². The smallest absolute Gasteiger partial charge is 0.486 e. The number of methoxy groups -OCH3 is 1. The van der Waals surface area contributed by atoms with Gasteiger partial charge in [-0.05, 0) is 43.0 Å². The molecule has 5 rings (SSSR count). The Bertz CT molecular complexity index is 1410. The predicted molar refractivity (Wildman–Crippen MR) is 135 cm³/mol. The zero-order chi connectivity index (χ0) is 27.1. The number of aromatic nitrogens is 4. The Labute approximate surface area is 218 Å². The third-order valence-electron chi connectivity index (χ3n) is 6.77. The molecule has 0 atom stereocenters. The van der Waals surface area contributed by atoms with Crippen LogP contribution < -0.4 is 19.4 Å². The van der Waals surface area contributed by atoms with Crippen molar-refractivity contribution in [1.29, 1.82) is 0 Å². The summed E-state index contributed by atoms with van der Waals surface area (Å²) < 4.78 is 71.9. The molecule has 14 heteroatoms. The SMILES string of the molecule is COc1cnc(N2CCC(N(c3cc(N4CCc5cc(S(C)(=O)=O)ccc54)ncn3)C(F)(F)F)CC2)nc1. The molecule has 3 aromatic rings. The zero-order valence-electron chi connectivity index (χ0n) is 20.8. The largest absolute Gasteiger partial charge is 0.494 e. The summed E-state index contributed by atoms with van der Waals surface area (Å²) in [5.41, 5.74) is 1.52. The number of fused-ring (bicyclic) bond motifs is 1. The molecule has 2 aliphatic heterocycles. The van der Waals surface area contributed by atoms with Crippen molar-refractivity contribution in [2.75, 3.05) is 47.7 Å². The van der Waals surface area contributed by atoms with Crippen LogP contribution in [0.3, 0.4) is 0 Å². The number of piperidine rings is 1. The fourth-order valence-corrected chi connectivity index (χ4v) is 5.56. The molecule has 0 bridgehead atoms. The summed E-state index contributed by atoms with van der Waals surface area (Å²) in [7, 11) is -1.87. The fourth-order valence-electron chi connectivity index (χ4n) is 4.89. The Kier molecular flexibility index (Phi) is 6.75. The van der Waals surface area contributed by atoms with E-state index in [4.69, 9.17) is 4.74 Å². The number of rotatable bonds is 6. The van der Waals surface area contributed by atoms with Gasteiger partial charge in [0.25, 0.3) is 0 Å². The lowest BCUT2D eigenvalue weighted by Gasteiger charge is -2.39. The summed E-state index contributed by atoms with van der Waals surface area (Å²) in [6.07, 6.45) is 1.68. The first kappa shape index (κ1) is 25.9. The summed E-state index contributed by atoms with van der Waals surface area (Å²) in [6, 6.07) is 5.28. The van der Waals surface area contributed by atoms with Gasteiger partial charge in [-0.1, -0.05) is 0 Å². The summed E-state index contributed by atoms with van der Waals surface area (Å²) in [5, 5.41) is 0. The van der Waals surface area contributed by atoms with Gasteiger partial charge < -0.3 is 14.5 Å². The first-order valence-corrected chi connectivity index (χ1v) is 13.8. The van der Waals surface area contributed by atoms with E-state index in [1.54, 1.807) is 17.0 Å². The van der Waals surface area contributed by atoms with Crippen molar-refractivity contribution in [2.24, 2.45) is 0 Å². The molecule has 0 saturated carbocycles. The van der Waals surface area contributed by atoms with Crippen LogP contribution in [-0.2, 0) is 16.3 Å². The van der Waals surface area contributed by atoms with E-state index in [1.165, 1.54) is 31.6 Å². The second kappa shape index (κ2) is 9.89. The van der Waals surface area contributed by atoms with E-state index in [0.717, 1.165) is 18.1 Å². The van der Waals surface area contributed by atoms with Gasteiger partial charge in [0.15, 0.2) is 15.6 Å². The van der Waals surface area contributed by atoms with Crippen molar-refractivity contribution in [3.63, 3.8) is 0 Å². The highest BCUT2D eigenvalue weighted by atomic mass is 32.2. The molecular weight excluding hydrogens is 523 g/mol. The second-order valence-corrected chi connectivity index (χ2v) is 11.2. The molecule has 0 radical (unpaired) electrons. The molecule has 10 nitrogen and oxygen atoms in total. The number of alkyl halides is 3. The van der Waals surface area contributed by atoms with Gasteiger partial charge in [0.2, 0.25) is 5.95 Å². The molecule has 0 aliphatic carbocycles. The number of sulfone groups is 1. The Balaban J connectivity index is 1.37. The Morgan fingerprint density at radius 2 is 1.74 bits per heavy atom. The van der Waals surface area contributed by atoms with Gasteiger partial charge in [0.1, 0.15) is 18.0 Å². The third-order valence-corrected chi connectivity index (χ3v) is 7.88. The van der Waals surface area contributed by atoms with Crippen LogP contribution in [0.5, 0.6) is 5.75 Å². The predicted octanol–water partition coefficient (Wildman–Crippen LogP) is 3.37. The average molecular weight is 550 g/mol. The molecular formula is C24H26F3N7O3S. The third kappa shape index (κ3) is 5.17. The number of hydrogen-bond donors (Lipinski definition) is 0. The van der Waals surface area contributed by atoms with E-state index in [1.807, 2.05) is 4.90 Å². The Morgan fingerprint density at radius 1 is 1.03 bits per heavy atom. The lowest BCUT2D eigenvalue weighted by molar-refractivity contribution is -0.136. The second-order valence-electron chi connectivity index (χ2n) is 9.18. The Hall–Kier alpha value is -3.68. The van der Waals surface area contributed by atoms with Crippen LogP contribution in [-0.4, -0.2) is 73.7 Å². The molecule has 2 aromatic heterocycles. The van der Waals surface area contributed by atoms with E-state index in [-0.39, 0.29) is 23.6 Å². The minimum absolute atomic E-state index is 0.205. The van der Waals surface area contributed by atoms with Crippen molar-refractivity contribution in [2.45, 2.75) is 36.5 Å². The highest BCUT2D eigenvalue weighted by Gasteiger charge is 2.44. The fraction of sp³-hybridized carbons (Fsp3) is 0.417. The maximum Gasteiger partial charge on any atom is 0.486 e. The van der Waals surface area contributed by atoms with E-state index in [9.17, 15) is 21.6 Å². The summed E-state index contributed by atoms with van der Waals surface area (Å²) in [4.78, 5) is 20.9. The van der Waals surface area contributed by atoms with Gasteiger partial charge >= 0.3 is 6.30 Å². The van der Waals surface area contributed by atoms with Gasteiger partial charge in [-0.3, -0.25) is 4.90 Å². The highest BCUT2D eigenvalue weighted by Crippen LogP contribution is 2.38. The van der Waals surface area contributed by atoms with Crippen LogP contribution >= 0.6 is 0 Å². The van der Waals surface area contributed by atoms with E-state index >= 15 is 0 Å². The van der Waals surface area contributed by atoms with Crippen LogP contribution in [0.2, 0.25) is 0 Å².